The normalized spacial score (nSPS) is 18.9. The molecule has 0 bridgehead atoms. The van der Waals surface area contributed by atoms with Crippen LogP contribution in [0.2, 0.25) is 0 Å². The zero-order chi connectivity index (χ0) is 88.2. The molecule has 36 heteroatoms. The van der Waals surface area contributed by atoms with Crippen molar-refractivity contribution in [3.8, 4) is 0 Å². The predicted molar refractivity (Wildman–Crippen MR) is 465 cm³/mol. The molecule has 6 fully saturated rings. The van der Waals surface area contributed by atoms with E-state index in [1.165, 1.54) is 0 Å². The van der Waals surface area contributed by atoms with Crippen molar-refractivity contribution in [1.82, 2.24) is 101 Å². The Labute approximate surface area is 717 Å². The minimum Gasteiger partial charge on any atom is -0.481 e. The summed E-state index contributed by atoms with van der Waals surface area (Å²) in [5.74, 6) is -3.76. The molecule has 0 aromatic rings. The van der Waals surface area contributed by atoms with Crippen LogP contribution in [0.1, 0.15) is 182 Å². The van der Waals surface area contributed by atoms with Crippen LogP contribution in [0, 0.1) is 0 Å². The summed E-state index contributed by atoms with van der Waals surface area (Å²) in [5, 5.41) is 56.7. The van der Waals surface area contributed by atoms with Crippen LogP contribution >= 0.6 is 0 Å². The van der Waals surface area contributed by atoms with Crippen molar-refractivity contribution in [2.75, 3.05) is 264 Å². The average Bonchev–Trinajstić information content (AvgIpc) is 1.72. The molecule has 12 N–H and O–H groups in total. The van der Waals surface area contributed by atoms with Crippen LogP contribution in [-0.2, 0) is 57.5 Å². The monoisotopic (exact) mass is 1710 g/mol. The van der Waals surface area contributed by atoms with Gasteiger partial charge in [0.15, 0.2) is 0 Å². The molecule has 692 valence electrons. The number of nitrogens with zero attached hydrogens (tertiary/aromatic N) is 12. The number of carboxylic acid groups (broad SMARTS) is 4. The number of likely N-dealkylation sites (tertiary alicyclic amines) is 4. The Morgan fingerprint density at radius 3 is 0.717 bits per heavy atom. The summed E-state index contributed by atoms with van der Waals surface area (Å²) in [6.45, 7) is 39.3. The molecule has 6 aliphatic heterocycles. The summed E-state index contributed by atoms with van der Waals surface area (Å²) in [6, 6.07) is 1.76. The lowest BCUT2D eigenvalue weighted by Crippen LogP contribution is -2.51. The number of hydrogen-bond donors (Lipinski definition) is 12. The topological polar surface area (TPSA) is 421 Å². The SMILES string of the molecule is CCN1CCN(CC2CCCN2CC(=O)NCCCC(=O)NCCCC(=O)O)CC1.CC[15N]([13CH3])CCN([13CH3])CC1CCCN1CC(=O)NCCCC(=O)NCCCC(=O)O.CC[15N]1CC[15N](CC2CCC[15N]2CC(=O)NCCCC(=O)NCCCC(=O)O)CC1.[13CH3]CN([13CH3])CCN([13CH3])CC1CCCN1CC(=O)NCCCC(=O)NCCCC(=O)O. The lowest BCUT2D eigenvalue weighted by Gasteiger charge is -2.37. The second-order valence-electron chi connectivity index (χ2n) is 33.1. The number of piperazine rings is 2. The van der Waals surface area contributed by atoms with E-state index in [1.807, 2.05) is 0 Å². The predicted octanol–water partition coefficient (Wildman–Crippen LogP) is 0.355. The van der Waals surface area contributed by atoms with E-state index in [1.54, 1.807) is 0 Å². The van der Waals surface area contributed by atoms with Crippen molar-refractivity contribution in [3.05, 3.63) is 0 Å². The van der Waals surface area contributed by atoms with E-state index >= 15 is 0 Å². The third-order valence-electron chi connectivity index (χ3n) is 23.2. The van der Waals surface area contributed by atoms with E-state index in [0.717, 1.165) is 208 Å². The maximum Gasteiger partial charge on any atom is 0.303 e. The zero-order valence-corrected chi connectivity index (χ0v) is 74.8. The van der Waals surface area contributed by atoms with Gasteiger partial charge in [0.05, 0.1) is 26.2 Å². The first-order valence-corrected chi connectivity index (χ1v) is 45.2. The Kier molecular flexibility index (Phi) is 58.8. The van der Waals surface area contributed by atoms with Crippen LogP contribution in [0.4, 0.5) is 0 Å². The Hall–Kier alpha value is -6.84. The van der Waals surface area contributed by atoms with Crippen molar-refractivity contribution in [1.29, 1.82) is 0 Å². The van der Waals surface area contributed by atoms with Crippen molar-refractivity contribution in [2.45, 2.75) is 206 Å². The Balaban J connectivity index is 0.000000413. The summed E-state index contributed by atoms with van der Waals surface area (Å²) in [4.78, 5) is 166. The Morgan fingerprint density at radius 2 is 0.483 bits per heavy atom. The second-order valence-corrected chi connectivity index (χ2v) is 33.1. The van der Waals surface area contributed by atoms with E-state index in [4.69, 9.17) is 20.4 Å². The third kappa shape index (κ3) is 53.3. The van der Waals surface area contributed by atoms with Gasteiger partial charge in [0.2, 0.25) is 47.3 Å². The van der Waals surface area contributed by atoms with E-state index in [2.05, 4.69) is 157 Å². The number of aliphatic carboxylic acids is 4. The fourth-order valence-electron chi connectivity index (χ4n) is 15.4. The van der Waals surface area contributed by atoms with E-state index < -0.39 is 23.9 Å². The number of amides is 8. The number of carboxylic acids is 4. The van der Waals surface area contributed by atoms with Gasteiger partial charge in [0, 0.05) is 233 Å². The van der Waals surface area contributed by atoms with Gasteiger partial charge in [-0.1, -0.05) is 27.7 Å². The van der Waals surface area contributed by atoms with Gasteiger partial charge in [-0.05, 0) is 183 Å². The van der Waals surface area contributed by atoms with Gasteiger partial charge in [-0.3, -0.25) is 86.9 Å². The molecule has 120 heavy (non-hydrogen) atoms. The fraction of sp³-hybridized carbons (Fsp3) is 0.857. The van der Waals surface area contributed by atoms with Gasteiger partial charge in [-0.15, -0.1) is 0 Å². The molecular weight excluding hydrogens is 1550 g/mol. The summed E-state index contributed by atoms with van der Waals surface area (Å²) in [6.07, 6.45) is 14.7. The highest BCUT2D eigenvalue weighted by Crippen LogP contribution is 2.22. The van der Waals surface area contributed by atoms with Crippen LogP contribution in [0.15, 0.2) is 0 Å². The molecule has 0 spiro atoms. The smallest absolute Gasteiger partial charge is 0.303 e. The number of nitrogens with one attached hydrogen (secondary N) is 8. The van der Waals surface area contributed by atoms with Gasteiger partial charge in [-0.2, -0.15) is 0 Å². The molecule has 4 atom stereocenters. The van der Waals surface area contributed by atoms with Crippen molar-refractivity contribution in [2.24, 2.45) is 0 Å². The average molecular weight is 1720 g/mol. The highest BCUT2D eigenvalue weighted by molar-refractivity contribution is 5.81. The molecule has 8 amide bonds. The molecule has 36 nitrogen and oxygen atoms in total. The van der Waals surface area contributed by atoms with Crippen LogP contribution in [0.3, 0.4) is 0 Å². The van der Waals surface area contributed by atoms with Gasteiger partial charge >= 0.3 is 23.9 Å². The number of carbonyl (C=O) groups excluding carboxylic acids is 8. The summed E-state index contributed by atoms with van der Waals surface area (Å²) in [5.41, 5.74) is 0. The molecule has 6 heterocycles. The van der Waals surface area contributed by atoms with E-state index in [-0.39, 0.29) is 72.9 Å². The number of likely N-dealkylation sites (N-methyl/N-ethyl adjacent to an activating group) is 6. The second kappa shape index (κ2) is 65.8. The van der Waals surface area contributed by atoms with Gasteiger partial charge < -0.3 is 92.4 Å². The molecule has 0 aromatic carbocycles. The highest BCUT2D eigenvalue weighted by atomic mass is 16.4. The fourth-order valence-corrected chi connectivity index (χ4v) is 15.4. The largest absolute Gasteiger partial charge is 0.481 e. The van der Waals surface area contributed by atoms with Crippen molar-refractivity contribution >= 4 is 71.1 Å². The molecule has 6 rings (SSSR count). The Bertz CT molecular complexity index is 2730. The van der Waals surface area contributed by atoms with Crippen LogP contribution in [-0.4, -0.2) is 438 Å². The quantitative estimate of drug-likeness (QED) is 0.0222. The summed E-state index contributed by atoms with van der Waals surface area (Å²) in [7, 11) is 8.55. The third-order valence-corrected chi connectivity index (χ3v) is 23.2. The van der Waals surface area contributed by atoms with Crippen molar-refractivity contribution < 1.29 is 78.0 Å². The standard InChI is InChI=1S/2C21H39N5O4.2C21H41N5O4/c2*1-2-24-12-14-25(15-13-24)16-18-6-5-11-26(18)17-20(28)23-9-3-7-19(27)22-10-4-8-21(29)30;2*1-4-24(2)14-15-25(3)16-18-8-7-13-26(18)17-20(28)23-11-5-9-19(27)22-12-6-10-21(29)30/h2*18H,2-17H2,1H3,(H,22,27)(H,23,28)(H,29,30);2*18H,4-17H2,1-3H3,(H,22,27)(H,23,28)(H,29,30)/i24+1,25+1,26+1;;2+1,3+1,24+1;1+1,2+1,3+1. The lowest BCUT2D eigenvalue weighted by atomic mass is 10.2. The first kappa shape index (κ1) is 107. The number of rotatable bonds is 58. The van der Waals surface area contributed by atoms with E-state index in [9.17, 15) is 57.5 Å². The molecule has 0 aromatic heterocycles. The molecule has 0 saturated carbocycles. The zero-order valence-electron chi connectivity index (χ0n) is 74.8. The van der Waals surface area contributed by atoms with Crippen LogP contribution in [0.5, 0.6) is 0 Å². The first-order chi connectivity index (χ1) is 57.6. The van der Waals surface area contributed by atoms with Crippen LogP contribution < -0.4 is 42.5 Å². The number of carbonyl (C=O) groups is 12. The lowest BCUT2D eigenvalue weighted by molar-refractivity contribution is -0.138. The minimum absolute atomic E-state index is 0.0112. The molecular formula is C84H160N20O16. The minimum atomic E-state index is -0.858. The highest BCUT2D eigenvalue weighted by Gasteiger charge is 2.33. The van der Waals surface area contributed by atoms with Crippen LogP contribution in [0.25, 0.3) is 0 Å². The van der Waals surface area contributed by atoms with E-state index in [0.29, 0.717) is 180 Å². The van der Waals surface area contributed by atoms with Crippen molar-refractivity contribution in [3.63, 3.8) is 0 Å². The molecule has 6 aliphatic rings. The number of hydrogen-bond acceptors (Lipinski definition) is 24. The maximum absolute atomic E-state index is 12.3. The first-order valence-electron chi connectivity index (χ1n) is 45.2. The maximum atomic E-state index is 12.3. The Morgan fingerprint density at radius 1 is 0.275 bits per heavy atom. The van der Waals surface area contributed by atoms with Gasteiger partial charge in [-0.25, -0.2) is 0 Å². The summed E-state index contributed by atoms with van der Waals surface area (Å²) < 4.78 is 0. The molecule has 6 saturated heterocycles. The van der Waals surface area contributed by atoms with Gasteiger partial charge in [0.1, 0.15) is 0 Å². The molecule has 0 aliphatic carbocycles. The summed E-state index contributed by atoms with van der Waals surface area (Å²) >= 11 is 0. The molecule has 4 unspecified atom stereocenters. The van der Waals surface area contributed by atoms with Gasteiger partial charge in [0.25, 0.3) is 0 Å². The molecule has 0 radical (unpaired) electrons.